The van der Waals surface area contributed by atoms with Gasteiger partial charge < -0.3 is 18.6 Å². The summed E-state index contributed by atoms with van der Waals surface area (Å²) in [5.41, 5.74) is 1.46. The maximum atomic E-state index is 13.2. The maximum Gasteiger partial charge on any atom is 0.357 e. The van der Waals surface area contributed by atoms with E-state index in [1.54, 1.807) is 24.3 Å². The lowest BCUT2D eigenvalue weighted by atomic mass is 10.2. The third kappa shape index (κ3) is 4.44. The second-order valence-electron chi connectivity index (χ2n) is 7.00. The molecule has 0 saturated carbocycles. The minimum atomic E-state index is -0.651. The molecule has 9 nitrogen and oxygen atoms in total. The number of hydrogen-bond donors (Lipinski definition) is 0. The van der Waals surface area contributed by atoms with Gasteiger partial charge in [0, 0.05) is 11.6 Å². The summed E-state index contributed by atoms with van der Waals surface area (Å²) in [4.78, 5) is 13.2. The summed E-state index contributed by atoms with van der Waals surface area (Å²) in [5, 5.41) is 12.2. The summed E-state index contributed by atoms with van der Waals surface area (Å²) >= 11 is 6.29. The molecule has 0 unspecified atom stereocenters. The zero-order chi connectivity index (χ0) is 22.6. The van der Waals surface area contributed by atoms with Crippen LogP contribution in [0.25, 0.3) is 23.2 Å². The zero-order valence-corrected chi connectivity index (χ0v) is 17.9. The first-order valence-corrected chi connectivity index (χ1v) is 10.4. The van der Waals surface area contributed by atoms with Crippen molar-refractivity contribution in [1.82, 2.24) is 20.2 Å². The molecule has 0 amide bonds. The van der Waals surface area contributed by atoms with Crippen LogP contribution in [0.15, 0.2) is 65.3 Å². The number of ether oxygens (including phenoxy) is 3. The van der Waals surface area contributed by atoms with E-state index in [9.17, 15) is 4.79 Å². The minimum Gasteiger partial charge on any atom is -0.486 e. The van der Waals surface area contributed by atoms with Crippen molar-refractivity contribution in [1.29, 1.82) is 0 Å². The Kier molecular flexibility index (Phi) is 5.77. The first-order valence-electron chi connectivity index (χ1n) is 10.0. The number of furan rings is 1. The SMILES string of the molecule is O=C(OCc1cc(Cl)c2c(c1)OCCO2)/C(=C/c1ccco1)n1nnnc1-c1ccccc1. The van der Waals surface area contributed by atoms with Gasteiger partial charge in [0.15, 0.2) is 23.0 Å². The lowest BCUT2D eigenvalue weighted by Crippen LogP contribution is -2.17. The van der Waals surface area contributed by atoms with Gasteiger partial charge in [-0.1, -0.05) is 41.9 Å². The van der Waals surface area contributed by atoms with Crippen LogP contribution < -0.4 is 9.47 Å². The van der Waals surface area contributed by atoms with Crippen molar-refractivity contribution < 1.29 is 23.4 Å². The summed E-state index contributed by atoms with van der Waals surface area (Å²) in [5.74, 6) is 1.17. The molecule has 2 aromatic carbocycles. The van der Waals surface area contributed by atoms with Gasteiger partial charge in [-0.15, -0.1) is 5.10 Å². The number of aromatic nitrogens is 4. The lowest BCUT2D eigenvalue weighted by Gasteiger charge is -2.20. The van der Waals surface area contributed by atoms with Crippen LogP contribution in [0.4, 0.5) is 0 Å². The van der Waals surface area contributed by atoms with Crippen LogP contribution in [-0.2, 0) is 16.1 Å². The first-order chi connectivity index (χ1) is 16.2. The van der Waals surface area contributed by atoms with Crippen LogP contribution in [0, 0.1) is 0 Å². The highest BCUT2D eigenvalue weighted by molar-refractivity contribution is 6.32. The smallest absolute Gasteiger partial charge is 0.357 e. The average Bonchev–Trinajstić information content (AvgIpc) is 3.54. The van der Waals surface area contributed by atoms with Crippen LogP contribution in [-0.4, -0.2) is 39.4 Å². The van der Waals surface area contributed by atoms with Crippen LogP contribution in [0.2, 0.25) is 5.02 Å². The number of esters is 1. The molecule has 0 fully saturated rings. The van der Waals surface area contributed by atoms with Gasteiger partial charge in [0.25, 0.3) is 0 Å². The molecule has 2 aromatic heterocycles. The Morgan fingerprint density at radius 2 is 1.97 bits per heavy atom. The molecule has 1 aliphatic rings. The van der Waals surface area contributed by atoms with E-state index in [4.69, 9.17) is 30.2 Å². The predicted octanol–water partition coefficient (Wildman–Crippen LogP) is 4.10. The Bertz CT molecular complexity index is 1300. The Morgan fingerprint density at radius 3 is 2.79 bits per heavy atom. The van der Waals surface area contributed by atoms with E-state index in [0.29, 0.717) is 46.9 Å². The van der Waals surface area contributed by atoms with Crippen molar-refractivity contribution >= 4 is 29.3 Å². The summed E-state index contributed by atoms with van der Waals surface area (Å²) in [6, 6.07) is 16.1. The standard InChI is InChI=1S/C23H17ClN4O5/c24-18-11-15(12-20-21(18)32-10-9-31-20)14-33-23(29)19(13-17-7-4-8-30-17)28-22(25-26-27-28)16-5-2-1-3-6-16/h1-8,11-13H,9-10,14H2/b19-13-. The molecular formula is C23H17ClN4O5. The number of rotatable bonds is 6. The molecule has 0 radical (unpaired) electrons. The van der Waals surface area contributed by atoms with Crippen molar-refractivity contribution in [3.05, 3.63) is 77.2 Å². The van der Waals surface area contributed by atoms with Crippen molar-refractivity contribution in [2.24, 2.45) is 0 Å². The second-order valence-corrected chi connectivity index (χ2v) is 7.41. The van der Waals surface area contributed by atoms with Crippen molar-refractivity contribution in [3.63, 3.8) is 0 Å². The second kappa shape index (κ2) is 9.17. The van der Waals surface area contributed by atoms with Gasteiger partial charge in [-0.2, -0.15) is 4.68 Å². The normalized spacial score (nSPS) is 13.1. The number of nitrogens with zero attached hydrogens (tertiary/aromatic N) is 4. The molecule has 0 saturated heterocycles. The summed E-state index contributed by atoms with van der Waals surface area (Å²) in [6.07, 6.45) is 3.02. The molecule has 0 atom stereocenters. The molecule has 0 spiro atoms. The molecule has 3 heterocycles. The van der Waals surface area contributed by atoms with Crippen LogP contribution in [0.1, 0.15) is 11.3 Å². The Hall–Kier alpha value is -4.11. The monoisotopic (exact) mass is 464 g/mol. The summed E-state index contributed by atoms with van der Waals surface area (Å²) in [6.45, 7) is 0.801. The molecule has 10 heteroatoms. The largest absolute Gasteiger partial charge is 0.486 e. The van der Waals surface area contributed by atoms with E-state index >= 15 is 0 Å². The molecule has 5 rings (SSSR count). The molecule has 166 valence electrons. The number of benzene rings is 2. The zero-order valence-electron chi connectivity index (χ0n) is 17.2. The Morgan fingerprint density at radius 1 is 1.12 bits per heavy atom. The van der Waals surface area contributed by atoms with E-state index in [-0.39, 0.29) is 12.3 Å². The van der Waals surface area contributed by atoms with Gasteiger partial charge in [-0.3, -0.25) is 0 Å². The van der Waals surface area contributed by atoms with Crippen LogP contribution >= 0.6 is 11.6 Å². The third-order valence-electron chi connectivity index (χ3n) is 4.79. The van der Waals surface area contributed by atoms with E-state index in [1.165, 1.54) is 17.0 Å². The fourth-order valence-electron chi connectivity index (χ4n) is 3.30. The van der Waals surface area contributed by atoms with Gasteiger partial charge in [0.05, 0.1) is 11.3 Å². The van der Waals surface area contributed by atoms with E-state index in [0.717, 1.165) is 5.56 Å². The van der Waals surface area contributed by atoms with Gasteiger partial charge in [0.1, 0.15) is 25.6 Å². The molecule has 4 aromatic rings. The van der Waals surface area contributed by atoms with Gasteiger partial charge >= 0.3 is 5.97 Å². The predicted molar refractivity (Wildman–Crippen MR) is 118 cm³/mol. The highest BCUT2D eigenvalue weighted by Crippen LogP contribution is 2.38. The topological polar surface area (TPSA) is 102 Å². The van der Waals surface area contributed by atoms with Crippen LogP contribution in [0.5, 0.6) is 11.5 Å². The van der Waals surface area contributed by atoms with Crippen molar-refractivity contribution in [2.75, 3.05) is 13.2 Å². The number of tetrazole rings is 1. The number of carbonyl (C=O) groups is 1. The Balaban J connectivity index is 1.44. The first kappa shape index (κ1) is 20.8. The number of halogens is 1. The molecule has 33 heavy (non-hydrogen) atoms. The number of hydrogen-bond acceptors (Lipinski definition) is 8. The summed E-state index contributed by atoms with van der Waals surface area (Å²) < 4.78 is 23.4. The molecule has 0 aliphatic carbocycles. The number of fused-ring (bicyclic) bond motifs is 1. The van der Waals surface area contributed by atoms with E-state index in [2.05, 4.69) is 15.5 Å². The fourth-order valence-corrected chi connectivity index (χ4v) is 3.59. The minimum absolute atomic E-state index is 0.0481. The van der Waals surface area contributed by atoms with Crippen molar-refractivity contribution in [2.45, 2.75) is 6.61 Å². The summed E-state index contributed by atoms with van der Waals surface area (Å²) in [7, 11) is 0. The molecule has 1 aliphatic heterocycles. The number of carbonyl (C=O) groups excluding carboxylic acids is 1. The molecular weight excluding hydrogens is 448 g/mol. The highest BCUT2D eigenvalue weighted by atomic mass is 35.5. The highest BCUT2D eigenvalue weighted by Gasteiger charge is 2.22. The average molecular weight is 465 g/mol. The molecule has 0 bridgehead atoms. The van der Waals surface area contributed by atoms with E-state index < -0.39 is 5.97 Å². The van der Waals surface area contributed by atoms with Crippen molar-refractivity contribution in [3.8, 4) is 22.9 Å². The quantitative estimate of drug-likeness (QED) is 0.310. The Labute approximate surface area is 193 Å². The lowest BCUT2D eigenvalue weighted by molar-refractivity contribution is -0.138. The van der Waals surface area contributed by atoms with E-state index in [1.807, 2.05) is 30.3 Å². The van der Waals surface area contributed by atoms with Crippen LogP contribution in [0.3, 0.4) is 0 Å². The van der Waals surface area contributed by atoms with Gasteiger partial charge in [0.2, 0.25) is 0 Å². The third-order valence-corrected chi connectivity index (χ3v) is 5.07. The fraction of sp³-hybridized carbons (Fsp3) is 0.130. The maximum absolute atomic E-state index is 13.2. The molecule has 0 N–H and O–H groups in total. The van der Waals surface area contributed by atoms with Gasteiger partial charge in [-0.25, -0.2) is 4.79 Å². The van der Waals surface area contributed by atoms with Gasteiger partial charge in [-0.05, 0) is 40.3 Å².